The van der Waals surface area contributed by atoms with Crippen molar-refractivity contribution in [3.63, 3.8) is 0 Å². The minimum Gasteiger partial charge on any atom is -0.388 e. The molecule has 0 radical (unpaired) electrons. The fraction of sp³-hybridized carbons (Fsp3) is 0.806. The van der Waals surface area contributed by atoms with Crippen molar-refractivity contribution >= 4 is 13.7 Å². The molecule has 3 rings (SSSR count). The minimum atomic E-state index is -2.74. The van der Waals surface area contributed by atoms with Crippen LogP contribution in [0, 0.1) is 11.8 Å². The normalized spacial score (nSPS) is 43.2. The van der Waals surface area contributed by atoms with Crippen LogP contribution in [-0.2, 0) is 8.85 Å². The summed E-state index contributed by atoms with van der Waals surface area (Å²) in [5, 5.41) is 9.29. The van der Waals surface area contributed by atoms with E-state index < -0.39 is 8.56 Å². The summed E-state index contributed by atoms with van der Waals surface area (Å²) in [6.07, 6.45) is 6.70. The average molecular weight is 517 g/mol. The number of rotatable bonds is 9. The quantitative estimate of drug-likeness (QED) is 0.360. The number of hydrogen-bond donors (Lipinski definition) is 2. The molecular formula is C31H56N2O2Si. The maximum atomic E-state index is 7.38. The van der Waals surface area contributed by atoms with E-state index in [1.807, 2.05) is 0 Å². The molecule has 4 nitrogen and oxygen atoms in total. The Labute approximate surface area is 223 Å². The van der Waals surface area contributed by atoms with Gasteiger partial charge in [0.15, 0.2) is 0 Å². The van der Waals surface area contributed by atoms with Gasteiger partial charge in [0.05, 0.1) is 12.2 Å². The first-order valence-electron chi connectivity index (χ1n) is 14.7. The topological polar surface area (TPSA) is 42.5 Å². The van der Waals surface area contributed by atoms with Crippen LogP contribution < -0.4 is 15.8 Å². The van der Waals surface area contributed by atoms with Crippen molar-refractivity contribution in [2.75, 3.05) is 0 Å². The zero-order valence-corrected chi connectivity index (χ0v) is 26.3. The molecule has 2 N–H and O–H groups in total. The average Bonchev–Trinajstić information content (AvgIpc) is 2.86. The molecular weight excluding hydrogens is 460 g/mol. The standard InChI is InChI=1S/C31H56N2O2Si/c1-12-28(7)21-26(23(5)30(9,14-3)32-28)34-36(11,25-19-17-16-18-20-25)35-27-22-29(8,13-2)33-31(10,15-4)24(27)6/h16-20,23-24,26-27,32-33H,12-15,21-22H2,1-11H3. The number of hydrogen-bond acceptors (Lipinski definition) is 4. The van der Waals surface area contributed by atoms with Crippen molar-refractivity contribution in [1.82, 2.24) is 10.6 Å². The Morgan fingerprint density at radius 3 is 1.44 bits per heavy atom. The first-order valence-corrected chi connectivity index (χ1v) is 17.0. The van der Waals surface area contributed by atoms with Crippen LogP contribution in [0.15, 0.2) is 30.3 Å². The third-order valence-corrected chi connectivity index (χ3v) is 13.6. The Bertz CT molecular complexity index is 819. The van der Waals surface area contributed by atoms with Crippen LogP contribution in [0.2, 0.25) is 6.55 Å². The van der Waals surface area contributed by atoms with Gasteiger partial charge >= 0.3 is 8.56 Å². The van der Waals surface area contributed by atoms with Gasteiger partial charge in [0, 0.05) is 22.2 Å². The second-order valence-corrected chi connectivity index (χ2v) is 16.2. The molecule has 0 bridgehead atoms. The molecule has 2 aliphatic heterocycles. The van der Waals surface area contributed by atoms with Crippen molar-refractivity contribution in [2.24, 2.45) is 11.8 Å². The minimum absolute atomic E-state index is 0.0449. The highest BCUT2D eigenvalue weighted by Crippen LogP contribution is 2.42. The van der Waals surface area contributed by atoms with Crippen molar-refractivity contribution in [2.45, 2.75) is 149 Å². The van der Waals surface area contributed by atoms with E-state index in [4.69, 9.17) is 8.85 Å². The van der Waals surface area contributed by atoms with Gasteiger partial charge < -0.3 is 19.5 Å². The summed E-state index contributed by atoms with van der Waals surface area (Å²) in [6, 6.07) is 10.9. The van der Waals surface area contributed by atoms with E-state index in [2.05, 4.69) is 117 Å². The SMILES string of the molecule is CCC1(C)CC(O[Si](C)(OC2CC(C)(CC)NC(C)(CC)C2C)c2ccccc2)C(C)C(C)(CC)N1. The molecule has 1 aromatic rings. The first kappa shape index (κ1) is 29.8. The Morgan fingerprint density at radius 2 is 1.11 bits per heavy atom. The summed E-state index contributed by atoms with van der Waals surface area (Å²) in [5.41, 5.74) is 0.224. The van der Waals surface area contributed by atoms with Gasteiger partial charge in [-0.15, -0.1) is 0 Å². The molecule has 206 valence electrons. The molecule has 2 heterocycles. The third-order valence-electron chi connectivity index (χ3n) is 10.7. The summed E-state index contributed by atoms with van der Waals surface area (Å²) < 4.78 is 14.8. The van der Waals surface area contributed by atoms with E-state index in [9.17, 15) is 0 Å². The van der Waals surface area contributed by atoms with Gasteiger partial charge in [0.2, 0.25) is 0 Å². The highest BCUT2D eigenvalue weighted by Gasteiger charge is 2.53. The van der Waals surface area contributed by atoms with Crippen molar-refractivity contribution < 1.29 is 8.85 Å². The highest BCUT2D eigenvalue weighted by molar-refractivity contribution is 6.80. The van der Waals surface area contributed by atoms with E-state index in [-0.39, 0.29) is 34.4 Å². The molecule has 0 amide bonds. The smallest absolute Gasteiger partial charge is 0.369 e. The molecule has 1 aromatic carbocycles. The lowest BCUT2D eigenvalue weighted by Gasteiger charge is -2.56. The lowest BCUT2D eigenvalue weighted by Crippen LogP contribution is -2.70. The number of piperidine rings is 2. The molecule has 5 heteroatoms. The molecule has 2 fully saturated rings. The summed E-state index contributed by atoms with van der Waals surface area (Å²) in [5.74, 6) is 0.794. The molecule has 0 aromatic heterocycles. The zero-order valence-electron chi connectivity index (χ0n) is 25.3. The fourth-order valence-corrected chi connectivity index (χ4v) is 9.68. The summed E-state index contributed by atoms with van der Waals surface area (Å²) >= 11 is 0. The van der Waals surface area contributed by atoms with Gasteiger partial charge in [-0.2, -0.15) is 0 Å². The van der Waals surface area contributed by atoms with Crippen LogP contribution in [-0.4, -0.2) is 42.9 Å². The van der Waals surface area contributed by atoms with Gasteiger partial charge in [-0.25, -0.2) is 0 Å². The molecule has 0 spiro atoms. The lowest BCUT2D eigenvalue weighted by molar-refractivity contribution is -0.0600. The predicted molar refractivity (Wildman–Crippen MR) is 156 cm³/mol. The Hall–Kier alpha value is -0.723. The van der Waals surface area contributed by atoms with Gasteiger partial charge in [-0.3, -0.25) is 0 Å². The van der Waals surface area contributed by atoms with Crippen LogP contribution in [0.25, 0.3) is 0 Å². The Kier molecular flexibility index (Phi) is 8.95. The molecule has 8 unspecified atom stereocenters. The lowest BCUT2D eigenvalue weighted by atomic mass is 9.70. The number of benzene rings is 1. The molecule has 36 heavy (non-hydrogen) atoms. The van der Waals surface area contributed by atoms with Gasteiger partial charge in [0.25, 0.3) is 0 Å². The molecule has 0 aliphatic carbocycles. The van der Waals surface area contributed by atoms with E-state index in [1.54, 1.807) is 0 Å². The van der Waals surface area contributed by atoms with Gasteiger partial charge in [-0.1, -0.05) is 71.9 Å². The Balaban J connectivity index is 2.00. The molecule has 2 aliphatic rings. The molecule has 8 atom stereocenters. The monoisotopic (exact) mass is 516 g/mol. The summed E-state index contributed by atoms with van der Waals surface area (Å²) in [4.78, 5) is 0. The van der Waals surface area contributed by atoms with Crippen LogP contribution in [0.5, 0.6) is 0 Å². The largest absolute Gasteiger partial charge is 0.388 e. The maximum absolute atomic E-state index is 7.38. The second-order valence-electron chi connectivity index (χ2n) is 13.2. The van der Waals surface area contributed by atoms with E-state index >= 15 is 0 Å². The number of nitrogens with one attached hydrogen (secondary N) is 2. The molecule has 0 saturated carbocycles. The van der Waals surface area contributed by atoms with Crippen molar-refractivity contribution in [3.05, 3.63) is 30.3 Å². The Morgan fingerprint density at radius 1 is 0.722 bits per heavy atom. The highest BCUT2D eigenvalue weighted by atomic mass is 28.4. The van der Waals surface area contributed by atoms with Gasteiger partial charge in [0.1, 0.15) is 0 Å². The van der Waals surface area contributed by atoms with Crippen LogP contribution in [0.1, 0.15) is 108 Å². The van der Waals surface area contributed by atoms with Crippen LogP contribution in [0.3, 0.4) is 0 Å². The van der Waals surface area contributed by atoms with Crippen LogP contribution >= 0.6 is 0 Å². The summed E-state index contributed by atoms with van der Waals surface area (Å²) in [7, 11) is -2.74. The fourth-order valence-electron chi connectivity index (χ4n) is 6.83. The van der Waals surface area contributed by atoms with E-state index in [0.29, 0.717) is 11.8 Å². The first-order chi connectivity index (χ1) is 16.7. The van der Waals surface area contributed by atoms with Crippen molar-refractivity contribution in [1.29, 1.82) is 0 Å². The van der Waals surface area contributed by atoms with Crippen molar-refractivity contribution in [3.8, 4) is 0 Å². The predicted octanol–water partition coefficient (Wildman–Crippen LogP) is 6.67. The van der Waals surface area contributed by atoms with Crippen LogP contribution in [0.4, 0.5) is 0 Å². The zero-order chi connectivity index (χ0) is 27.0. The third kappa shape index (κ3) is 5.81. The second kappa shape index (κ2) is 10.8. The maximum Gasteiger partial charge on any atom is 0.369 e. The van der Waals surface area contributed by atoms with E-state index in [0.717, 1.165) is 38.5 Å². The van der Waals surface area contributed by atoms with E-state index in [1.165, 1.54) is 5.19 Å². The molecule has 2 saturated heterocycles. The van der Waals surface area contributed by atoms with Gasteiger partial charge in [-0.05, 0) is 89.8 Å². The summed E-state index contributed by atoms with van der Waals surface area (Å²) in [6.45, 7) is 25.8.